The van der Waals surface area contributed by atoms with Gasteiger partial charge in [0.05, 0.1) is 18.8 Å². The minimum atomic E-state index is -2.28. The Balaban J connectivity index is 2.44. The zero-order valence-corrected chi connectivity index (χ0v) is 20.7. The van der Waals surface area contributed by atoms with Gasteiger partial charge in [-0.25, -0.2) is 4.79 Å². The van der Waals surface area contributed by atoms with Gasteiger partial charge < -0.3 is 24.3 Å². The lowest BCUT2D eigenvalue weighted by Gasteiger charge is -2.49. The van der Waals surface area contributed by atoms with Gasteiger partial charge in [0.25, 0.3) is 0 Å². The summed E-state index contributed by atoms with van der Waals surface area (Å²) in [5.41, 5.74) is 2.02. The molecular formula is C24H39NO5Si. The molecule has 174 valence electrons. The number of hydrogen-bond acceptors (Lipinski definition) is 4. The molecule has 7 heteroatoms. The molecule has 0 radical (unpaired) electrons. The van der Waals surface area contributed by atoms with Gasteiger partial charge in [-0.2, -0.15) is 0 Å². The van der Waals surface area contributed by atoms with Crippen molar-refractivity contribution in [3.8, 4) is 5.75 Å². The van der Waals surface area contributed by atoms with Crippen molar-refractivity contribution < 1.29 is 24.2 Å². The van der Waals surface area contributed by atoms with Crippen molar-refractivity contribution in [2.45, 2.75) is 76.3 Å². The molecule has 0 saturated carbocycles. The maximum Gasteiger partial charge on any atom is 0.407 e. The van der Waals surface area contributed by atoms with Crippen molar-refractivity contribution in [3.63, 3.8) is 0 Å². The van der Waals surface area contributed by atoms with E-state index >= 15 is 0 Å². The molecule has 1 amide bonds. The Labute approximate surface area is 188 Å². The van der Waals surface area contributed by atoms with Crippen LogP contribution in [0.1, 0.15) is 53.0 Å². The summed E-state index contributed by atoms with van der Waals surface area (Å²) in [5.74, 6) is 0.432. The van der Waals surface area contributed by atoms with Crippen LogP contribution in [0, 0.1) is 0 Å². The molecular weight excluding hydrogens is 410 g/mol. The van der Waals surface area contributed by atoms with Crippen LogP contribution < -0.4 is 4.74 Å². The molecule has 1 aliphatic heterocycles. The number of carbonyl (C=O) groups is 1. The fraction of sp³-hybridized carbons (Fsp3) is 0.625. The fourth-order valence-electron chi connectivity index (χ4n) is 5.31. The number of aliphatic hydroxyl groups excluding tert-OH is 1. The van der Waals surface area contributed by atoms with Gasteiger partial charge in [0.15, 0.2) is 0 Å². The normalized spacial score (nSPS) is 22.3. The molecule has 3 unspecified atom stereocenters. The SMILES string of the molecule is C=CCOc1ccc(C2C(O)CN(C(=O)O)CC2O[Si](C(C)C)(C(C)C)C(C)C)cc1. The van der Waals surface area contributed by atoms with E-state index in [0.717, 1.165) is 11.3 Å². The number of piperidine rings is 1. The van der Waals surface area contributed by atoms with Gasteiger partial charge >= 0.3 is 6.09 Å². The molecule has 1 aliphatic rings. The quantitative estimate of drug-likeness (QED) is 0.398. The minimum absolute atomic E-state index is 0.0775. The summed E-state index contributed by atoms with van der Waals surface area (Å²) in [6, 6.07) is 7.65. The Hall–Kier alpha value is -1.83. The number of carboxylic acid groups (broad SMARTS) is 1. The van der Waals surface area contributed by atoms with Crippen LogP contribution >= 0.6 is 0 Å². The van der Waals surface area contributed by atoms with E-state index in [9.17, 15) is 15.0 Å². The second-order valence-electron chi connectivity index (χ2n) is 9.42. The second-order valence-corrected chi connectivity index (χ2v) is 14.8. The van der Waals surface area contributed by atoms with Crippen LogP contribution in [-0.2, 0) is 4.43 Å². The molecule has 6 nitrogen and oxygen atoms in total. The molecule has 0 aromatic heterocycles. The highest BCUT2D eigenvalue weighted by Gasteiger charge is 2.50. The largest absolute Gasteiger partial charge is 0.490 e. The Kier molecular flexibility index (Phi) is 8.74. The van der Waals surface area contributed by atoms with Crippen molar-refractivity contribution in [1.82, 2.24) is 4.90 Å². The van der Waals surface area contributed by atoms with Gasteiger partial charge in [-0.1, -0.05) is 66.3 Å². The van der Waals surface area contributed by atoms with E-state index in [1.165, 1.54) is 4.90 Å². The lowest BCUT2D eigenvalue weighted by molar-refractivity contribution is -0.0190. The average molecular weight is 450 g/mol. The zero-order valence-electron chi connectivity index (χ0n) is 19.7. The van der Waals surface area contributed by atoms with E-state index in [4.69, 9.17) is 9.16 Å². The first-order valence-corrected chi connectivity index (χ1v) is 13.4. The maximum atomic E-state index is 11.7. The number of nitrogens with zero attached hydrogens (tertiary/aromatic N) is 1. The van der Waals surface area contributed by atoms with Crippen LogP contribution in [-0.4, -0.2) is 61.4 Å². The summed E-state index contributed by atoms with van der Waals surface area (Å²) in [4.78, 5) is 13.0. The van der Waals surface area contributed by atoms with Crippen molar-refractivity contribution in [2.24, 2.45) is 0 Å². The van der Waals surface area contributed by atoms with E-state index in [1.54, 1.807) is 6.08 Å². The lowest BCUT2D eigenvalue weighted by Crippen LogP contribution is -2.59. The second kappa shape index (κ2) is 10.7. The van der Waals surface area contributed by atoms with Gasteiger partial charge in [0.2, 0.25) is 8.32 Å². The van der Waals surface area contributed by atoms with Gasteiger partial charge in [0, 0.05) is 12.5 Å². The Morgan fingerprint density at radius 2 is 1.68 bits per heavy atom. The molecule has 0 aliphatic carbocycles. The number of hydrogen-bond donors (Lipinski definition) is 2. The Morgan fingerprint density at radius 1 is 1.13 bits per heavy atom. The molecule has 0 spiro atoms. The molecule has 1 saturated heterocycles. The smallest absolute Gasteiger partial charge is 0.407 e. The van der Waals surface area contributed by atoms with Gasteiger partial charge in [0.1, 0.15) is 12.4 Å². The highest BCUT2D eigenvalue weighted by Crippen LogP contribution is 2.45. The van der Waals surface area contributed by atoms with Crippen molar-refractivity contribution >= 4 is 14.4 Å². The molecule has 1 aromatic rings. The minimum Gasteiger partial charge on any atom is -0.490 e. The van der Waals surface area contributed by atoms with Crippen molar-refractivity contribution in [3.05, 3.63) is 42.5 Å². The third kappa shape index (κ3) is 5.51. The summed E-state index contributed by atoms with van der Waals surface area (Å²) in [5, 5.41) is 20.6. The molecule has 1 heterocycles. The molecule has 31 heavy (non-hydrogen) atoms. The zero-order chi connectivity index (χ0) is 23.3. The highest BCUT2D eigenvalue weighted by atomic mass is 28.4. The molecule has 1 fully saturated rings. The van der Waals surface area contributed by atoms with E-state index in [-0.39, 0.29) is 19.0 Å². The van der Waals surface area contributed by atoms with E-state index in [1.807, 2.05) is 24.3 Å². The number of benzene rings is 1. The molecule has 2 rings (SSSR count). The molecule has 3 atom stereocenters. The summed E-state index contributed by atoms with van der Waals surface area (Å²) < 4.78 is 12.6. The maximum absolute atomic E-state index is 11.7. The lowest BCUT2D eigenvalue weighted by atomic mass is 9.85. The van der Waals surface area contributed by atoms with Crippen LogP contribution in [0.4, 0.5) is 4.79 Å². The Morgan fingerprint density at radius 3 is 2.13 bits per heavy atom. The Bertz CT molecular complexity index is 712. The summed E-state index contributed by atoms with van der Waals surface area (Å²) >= 11 is 0. The number of ether oxygens (including phenoxy) is 1. The molecule has 0 bridgehead atoms. The van der Waals surface area contributed by atoms with E-state index in [2.05, 4.69) is 48.1 Å². The molecule has 2 N–H and O–H groups in total. The topological polar surface area (TPSA) is 79.2 Å². The third-order valence-corrected chi connectivity index (χ3v) is 12.7. The highest BCUT2D eigenvalue weighted by molar-refractivity contribution is 6.77. The number of aliphatic hydroxyl groups is 1. The van der Waals surface area contributed by atoms with E-state index < -0.39 is 26.6 Å². The predicted molar refractivity (Wildman–Crippen MR) is 126 cm³/mol. The van der Waals surface area contributed by atoms with Crippen LogP contribution in [0.25, 0.3) is 0 Å². The van der Waals surface area contributed by atoms with Crippen LogP contribution in [0.5, 0.6) is 5.75 Å². The fourth-order valence-corrected chi connectivity index (χ4v) is 10.9. The summed E-state index contributed by atoms with van der Waals surface area (Å²) in [7, 11) is -2.28. The van der Waals surface area contributed by atoms with Gasteiger partial charge in [-0.3, -0.25) is 0 Å². The third-order valence-electron chi connectivity index (χ3n) is 6.59. The van der Waals surface area contributed by atoms with Crippen molar-refractivity contribution in [1.29, 1.82) is 0 Å². The summed E-state index contributed by atoms with van der Waals surface area (Å²) in [6.07, 6.45) is -0.575. The first-order valence-electron chi connectivity index (χ1n) is 11.2. The average Bonchev–Trinajstić information content (AvgIpc) is 2.69. The first-order chi connectivity index (χ1) is 14.5. The number of rotatable bonds is 9. The monoisotopic (exact) mass is 449 g/mol. The van der Waals surface area contributed by atoms with Crippen LogP contribution in [0.3, 0.4) is 0 Å². The predicted octanol–water partition coefficient (Wildman–Crippen LogP) is 5.25. The van der Waals surface area contributed by atoms with Gasteiger partial charge in [-0.05, 0) is 34.3 Å². The van der Waals surface area contributed by atoms with Crippen LogP contribution in [0.2, 0.25) is 16.6 Å². The number of amides is 1. The van der Waals surface area contributed by atoms with Crippen LogP contribution in [0.15, 0.2) is 36.9 Å². The van der Waals surface area contributed by atoms with E-state index in [0.29, 0.717) is 23.2 Å². The van der Waals surface area contributed by atoms with Crippen molar-refractivity contribution in [2.75, 3.05) is 19.7 Å². The first kappa shape index (κ1) is 25.4. The van der Waals surface area contributed by atoms with Gasteiger partial charge in [-0.15, -0.1) is 0 Å². The summed E-state index contributed by atoms with van der Waals surface area (Å²) in [6.45, 7) is 17.7. The molecule has 1 aromatic carbocycles. The standard InChI is InChI=1S/C24H39NO5Si/c1-8-13-29-20-11-9-19(10-12-20)23-21(26)14-25(24(27)28)15-22(23)30-31(16(2)3,17(4)5)18(6)7/h8-12,16-18,21-23,26H,1,13-15H2,2-7H3,(H,27,28). The number of β-amino-alcohol motifs (C(OH)–C–C–N with tert-alkyl or cyclic N) is 1. The number of likely N-dealkylation sites (tertiary alicyclic amines) is 1.